The van der Waals surface area contributed by atoms with Gasteiger partial charge in [-0.05, 0) is 18.6 Å². The largest absolute Gasteiger partial charge is 0.470 e. The second-order valence-electron chi connectivity index (χ2n) is 7.11. The molecule has 0 bridgehead atoms. The third kappa shape index (κ3) is 3.69. The summed E-state index contributed by atoms with van der Waals surface area (Å²) < 4.78 is 7.36. The van der Waals surface area contributed by atoms with E-state index in [2.05, 4.69) is 25.3 Å². The first-order chi connectivity index (χ1) is 14.8. The van der Waals surface area contributed by atoms with Crippen molar-refractivity contribution in [3.8, 4) is 5.88 Å². The summed E-state index contributed by atoms with van der Waals surface area (Å²) in [5, 5.41) is 9.40. The Labute approximate surface area is 172 Å². The maximum absolute atomic E-state index is 12.9. The highest BCUT2D eigenvalue weighted by molar-refractivity contribution is 5.95. The van der Waals surface area contributed by atoms with Gasteiger partial charge < -0.3 is 9.64 Å². The quantitative estimate of drug-likeness (QED) is 0.506. The third-order valence-electron chi connectivity index (χ3n) is 5.11. The van der Waals surface area contributed by atoms with Crippen LogP contribution in [0.5, 0.6) is 5.88 Å². The fourth-order valence-corrected chi connectivity index (χ4v) is 3.56. The van der Waals surface area contributed by atoms with E-state index in [1.54, 1.807) is 29.3 Å². The number of benzene rings is 1. The van der Waals surface area contributed by atoms with Crippen LogP contribution in [-0.2, 0) is 6.61 Å². The van der Waals surface area contributed by atoms with Gasteiger partial charge in [-0.1, -0.05) is 29.5 Å². The van der Waals surface area contributed by atoms with Gasteiger partial charge in [-0.3, -0.25) is 9.78 Å². The van der Waals surface area contributed by atoms with Gasteiger partial charge in [-0.15, -0.1) is 5.10 Å². The van der Waals surface area contributed by atoms with Crippen LogP contribution in [0.15, 0.2) is 61.2 Å². The van der Waals surface area contributed by atoms with E-state index in [1.807, 2.05) is 41.4 Å². The molecule has 1 atom stereocenters. The lowest BCUT2D eigenvalue weighted by molar-refractivity contribution is 0.0781. The van der Waals surface area contributed by atoms with Gasteiger partial charge in [0.15, 0.2) is 0 Å². The molecule has 3 aromatic heterocycles. The number of amides is 1. The predicted octanol–water partition coefficient (Wildman–Crippen LogP) is 2.28. The highest BCUT2D eigenvalue weighted by Crippen LogP contribution is 2.23. The van der Waals surface area contributed by atoms with E-state index in [1.165, 1.54) is 0 Å². The number of rotatable bonds is 5. The van der Waals surface area contributed by atoms with Crippen molar-refractivity contribution in [2.45, 2.75) is 19.1 Å². The maximum atomic E-state index is 12.9. The second-order valence-corrected chi connectivity index (χ2v) is 7.11. The van der Waals surface area contributed by atoms with Gasteiger partial charge in [0.05, 0.1) is 24.0 Å². The fourth-order valence-electron chi connectivity index (χ4n) is 3.56. The van der Waals surface area contributed by atoms with Crippen LogP contribution >= 0.6 is 0 Å². The zero-order chi connectivity index (χ0) is 20.3. The molecule has 1 aliphatic heterocycles. The normalized spacial score (nSPS) is 16.1. The molecule has 1 fully saturated rings. The van der Waals surface area contributed by atoms with E-state index in [9.17, 15) is 4.79 Å². The molecule has 1 amide bonds. The number of ether oxygens (including phenoxy) is 1. The first-order valence-corrected chi connectivity index (χ1v) is 9.71. The average Bonchev–Trinajstić information content (AvgIpc) is 3.47. The molecule has 0 radical (unpaired) electrons. The zero-order valence-electron chi connectivity index (χ0n) is 16.1. The molecule has 1 aromatic carbocycles. The number of likely N-dealkylation sites (tertiary alicyclic amines) is 1. The summed E-state index contributed by atoms with van der Waals surface area (Å²) in [5.74, 6) is 0.377. The third-order valence-corrected chi connectivity index (χ3v) is 5.11. The number of pyridine rings is 1. The van der Waals surface area contributed by atoms with Crippen LogP contribution in [0.1, 0.15) is 28.6 Å². The van der Waals surface area contributed by atoms with Crippen molar-refractivity contribution in [2.75, 3.05) is 13.1 Å². The van der Waals surface area contributed by atoms with E-state index in [-0.39, 0.29) is 18.6 Å². The Morgan fingerprint density at radius 2 is 2.10 bits per heavy atom. The molecule has 4 heterocycles. The lowest BCUT2D eigenvalue weighted by atomic mass is 10.2. The Hall–Kier alpha value is -3.88. The number of nitrogens with zero attached hydrogens (tertiary/aromatic N) is 7. The summed E-state index contributed by atoms with van der Waals surface area (Å²) in [6.45, 7) is 1.49. The van der Waals surface area contributed by atoms with Crippen molar-refractivity contribution in [2.24, 2.45) is 0 Å². The summed E-state index contributed by atoms with van der Waals surface area (Å²) in [6.07, 6.45) is 7.37. The molecular weight excluding hydrogens is 382 g/mol. The SMILES string of the molecule is O=C(c1ccc2ccccc2n1)N1CCC(n2cc(COc3cnccn3)nn2)C1. The summed E-state index contributed by atoms with van der Waals surface area (Å²) in [5.41, 5.74) is 1.98. The molecule has 1 aliphatic rings. The van der Waals surface area contributed by atoms with Crippen molar-refractivity contribution in [3.05, 3.63) is 72.6 Å². The summed E-state index contributed by atoms with van der Waals surface area (Å²) in [6, 6.07) is 11.6. The Bertz CT molecular complexity index is 1180. The van der Waals surface area contributed by atoms with Crippen LogP contribution < -0.4 is 4.74 Å². The molecule has 150 valence electrons. The van der Waals surface area contributed by atoms with Crippen LogP contribution in [0, 0.1) is 0 Å². The first-order valence-electron chi connectivity index (χ1n) is 9.71. The molecule has 1 saturated heterocycles. The topological polar surface area (TPSA) is 98.9 Å². The van der Waals surface area contributed by atoms with E-state index >= 15 is 0 Å². The number of carbonyl (C=O) groups is 1. The molecular formula is C21H19N7O2. The van der Waals surface area contributed by atoms with Crippen molar-refractivity contribution in [3.63, 3.8) is 0 Å². The van der Waals surface area contributed by atoms with Crippen molar-refractivity contribution >= 4 is 16.8 Å². The predicted molar refractivity (Wildman–Crippen MR) is 108 cm³/mol. The number of hydrogen-bond acceptors (Lipinski definition) is 7. The highest BCUT2D eigenvalue weighted by atomic mass is 16.5. The van der Waals surface area contributed by atoms with Gasteiger partial charge in [-0.2, -0.15) is 0 Å². The Morgan fingerprint density at radius 3 is 3.00 bits per heavy atom. The van der Waals surface area contributed by atoms with Crippen LogP contribution in [0.2, 0.25) is 0 Å². The standard InChI is InChI=1S/C21H19N7O2/c29-21(19-6-5-15-3-1-2-4-18(15)24-19)27-10-7-17(13-27)28-12-16(25-26-28)14-30-20-11-22-8-9-23-20/h1-6,8-9,11-12,17H,7,10,13-14H2. The molecule has 9 heteroatoms. The molecule has 1 unspecified atom stereocenters. The van der Waals surface area contributed by atoms with Crippen LogP contribution in [0.4, 0.5) is 0 Å². The van der Waals surface area contributed by atoms with E-state index in [0.717, 1.165) is 17.3 Å². The van der Waals surface area contributed by atoms with Crippen LogP contribution in [-0.4, -0.2) is 53.8 Å². The minimum absolute atomic E-state index is 0.0606. The zero-order valence-corrected chi connectivity index (χ0v) is 16.1. The van der Waals surface area contributed by atoms with Gasteiger partial charge >= 0.3 is 0 Å². The van der Waals surface area contributed by atoms with E-state index in [4.69, 9.17) is 4.74 Å². The second kappa shape index (κ2) is 7.86. The van der Waals surface area contributed by atoms with Gasteiger partial charge in [0.2, 0.25) is 5.88 Å². The minimum atomic E-state index is -0.0606. The molecule has 4 aromatic rings. The maximum Gasteiger partial charge on any atom is 0.272 e. The smallest absolute Gasteiger partial charge is 0.272 e. The molecule has 0 saturated carbocycles. The number of carbonyl (C=O) groups excluding carboxylic acids is 1. The van der Waals surface area contributed by atoms with Gasteiger partial charge in [0.25, 0.3) is 5.91 Å². The molecule has 5 rings (SSSR count). The van der Waals surface area contributed by atoms with Crippen molar-refractivity contribution < 1.29 is 9.53 Å². The monoisotopic (exact) mass is 401 g/mol. The van der Waals surface area contributed by atoms with E-state index < -0.39 is 0 Å². The summed E-state index contributed by atoms with van der Waals surface area (Å²) in [7, 11) is 0. The molecule has 0 aliphatic carbocycles. The van der Waals surface area contributed by atoms with E-state index in [0.29, 0.717) is 30.4 Å². The minimum Gasteiger partial charge on any atom is -0.470 e. The summed E-state index contributed by atoms with van der Waals surface area (Å²) >= 11 is 0. The number of para-hydroxylation sites is 1. The Balaban J connectivity index is 1.23. The molecule has 0 N–H and O–H groups in total. The van der Waals surface area contributed by atoms with Gasteiger partial charge in [-0.25, -0.2) is 14.6 Å². The average molecular weight is 401 g/mol. The Kier molecular flexibility index (Phi) is 4.76. The lowest BCUT2D eigenvalue weighted by Crippen LogP contribution is -2.29. The highest BCUT2D eigenvalue weighted by Gasteiger charge is 2.29. The molecule has 30 heavy (non-hydrogen) atoms. The fraction of sp³-hybridized carbons (Fsp3) is 0.238. The number of fused-ring (bicyclic) bond motifs is 1. The first kappa shape index (κ1) is 18.2. The molecule has 0 spiro atoms. The van der Waals surface area contributed by atoms with Crippen molar-refractivity contribution in [1.29, 1.82) is 0 Å². The van der Waals surface area contributed by atoms with Crippen molar-refractivity contribution in [1.82, 2.24) is 34.8 Å². The van der Waals surface area contributed by atoms with Crippen LogP contribution in [0.3, 0.4) is 0 Å². The summed E-state index contributed by atoms with van der Waals surface area (Å²) in [4.78, 5) is 27.3. The van der Waals surface area contributed by atoms with Gasteiger partial charge in [0.1, 0.15) is 18.0 Å². The lowest BCUT2D eigenvalue weighted by Gasteiger charge is -2.16. The number of aromatic nitrogens is 6. The van der Waals surface area contributed by atoms with Crippen LogP contribution in [0.25, 0.3) is 10.9 Å². The molecule has 9 nitrogen and oxygen atoms in total. The van der Waals surface area contributed by atoms with Gasteiger partial charge in [0, 0.05) is 30.9 Å². The number of hydrogen-bond donors (Lipinski definition) is 0. The Morgan fingerprint density at radius 1 is 1.17 bits per heavy atom.